The Labute approximate surface area is 119 Å². The summed E-state index contributed by atoms with van der Waals surface area (Å²) in [4.78, 5) is 0.212. The molecule has 0 aliphatic carbocycles. The van der Waals surface area contributed by atoms with Crippen LogP contribution in [0.15, 0.2) is 24.3 Å². The molecule has 0 radical (unpaired) electrons. The van der Waals surface area contributed by atoms with Crippen LogP contribution < -0.4 is 15.2 Å². The molecule has 0 spiro atoms. The molecule has 1 rings (SSSR count). The first-order valence-corrected chi connectivity index (χ1v) is 8.01. The largest absolute Gasteiger partial charge is 0.484 e. The van der Waals surface area contributed by atoms with Gasteiger partial charge < -0.3 is 10.5 Å². The highest BCUT2D eigenvalue weighted by Gasteiger charge is 2.12. The fraction of sp³-hybridized carbons (Fsp3) is 0.417. The van der Waals surface area contributed by atoms with Gasteiger partial charge in [-0.05, 0) is 18.6 Å². The molecule has 0 aromatic heterocycles. The van der Waals surface area contributed by atoms with Gasteiger partial charge in [0.25, 0.3) is 0 Å². The lowest BCUT2D eigenvalue weighted by molar-refractivity contribution is 0.379. The highest BCUT2D eigenvalue weighted by molar-refractivity contribution is 7.92. The van der Waals surface area contributed by atoms with E-state index in [0.29, 0.717) is 17.9 Å². The highest BCUT2D eigenvalue weighted by Crippen LogP contribution is 2.24. The molecule has 0 unspecified atom stereocenters. The maximum absolute atomic E-state index is 11.8. The normalized spacial score (nSPS) is 11.0. The van der Waals surface area contributed by atoms with Gasteiger partial charge in [-0.25, -0.2) is 8.42 Å². The molecule has 0 saturated heterocycles. The number of para-hydroxylation sites is 2. The van der Waals surface area contributed by atoms with Crippen molar-refractivity contribution in [2.24, 2.45) is 5.73 Å². The predicted molar refractivity (Wildman–Crippen MR) is 81.0 cm³/mol. The van der Waals surface area contributed by atoms with Crippen molar-refractivity contribution in [3.63, 3.8) is 0 Å². The summed E-state index contributed by atoms with van der Waals surface area (Å²) in [6.45, 7) is 2.01. The van der Waals surface area contributed by atoms with E-state index in [9.17, 15) is 8.42 Å². The average molecular weight is 302 g/mol. The molecular weight excluding hydrogens is 284 g/mol. The van der Waals surface area contributed by atoms with Crippen molar-refractivity contribution in [2.75, 3.05) is 17.1 Å². The number of rotatable bonds is 8. The minimum Gasteiger partial charge on any atom is -0.484 e. The Bertz CT molecular complexity index is 530. The smallest absolute Gasteiger partial charge is 0.232 e. The van der Waals surface area contributed by atoms with E-state index in [0.717, 1.165) is 6.42 Å². The van der Waals surface area contributed by atoms with E-state index in [4.69, 9.17) is 22.7 Å². The second kappa shape index (κ2) is 7.30. The Morgan fingerprint density at radius 3 is 2.74 bits per heavy atom. The molecule has 0 bridgehead atoms. The van der Waals surface area contributed by atoms with E-state index in [2.05, 4.69) is 4.72 Å². The van der Waals surface area contributed by atoms with Crippen LogP contribution in [0, 0.1) is 0 Å². The zero-order valence-electron chi connectivity index (χ0n) is 10.8. The number of nitrogens with one attached hydrogen (secondary N) is 1. The highest BCUT2D eigenvalue weighted by atomic mass is 32.2. The number of hydrogen-bond acceptors (Lipinski definition) is 4. The molecule has 0 aliphatic heterocycles. The van der Waals surface area contributed by atoms with E-state index in [1.807, 2.05) is 6.92 Å². The summed E-state index contributed by atoms with van der Waals surface area (Å²) in [6.07, 6.45) is 1.44. The van der Waals surface area contributed by atoms with Crippen molar-refractivity contribution < 1.29 is 13.2 Å². The first kappa shape index (κ1) is 15.7. The molecule has 0 fully saturated rings. The number of thiocarbonyl (C=S) groups is 1. The third-order valence-corrected chi connectivity index (χ3v) is 3.76. The fourth-order valence-corrected chi connectivity index (χ4v) is 2.71. The summed E-state index contributed by atoms with van der Waals surface area (Å²) in [5.74, 6) is 0.503. The van der Waals surface area contributed by atoms with E-state index in [-0.39, 0.29) is 17.3 Å². The van der Waals surface area contributed by atoms with Gasteiger partial charge in [0.05, 0.1) is 11.4 Å². The lowest BCUT2D eigenvalue weighted by Gasteiger charge is -2.13. The number of sulfonamides is 1. The number of benzene rings is 1. The van der Waals surface area contributed by atoms with Gasteiger partial charge in [-0.2, -0.15) is 0 Å². The molecule has 0 heterocycles. The molecule has 3 N–H and O–H groups in total. The second-order valence-electron chi connectivity index (χ2n) is 4.03. The zero-order chi connectivity index (χ0) is 14.3. The molecule has 1 aromatic rings. The van der Waals surface area contributed by atoms with Crippen molar-refractivity contribution in [1.29, 1.82) is 0 Å². The van der Waals surface area contributed by atoms with E-state index >= 15 is 0 Å². The molecule has 106 valence electrons. The van der Waals surface area contributed by atoms with Crippen molar-refractivity contribution in [1.82, 2.24) is 0 Å². The van der Waals surface area contributed by atoms with Gasteiger partial charge in [-0.1, -0.05) is 37.7 Å². The second-order valence-corrected chi connectivity index (χ2v) is 6.39. The molecule has 19 heavy (non-hydrogen) atoms. The number of anilines is 1. The van der Waals surface area contributed by atoms with Gasteiger partial charge in [0, 0.05) is 0 Å². The summed E-state index contributed by atoms with van der Waals surface area (Å²) in [5.41, 5.74) is 5.75. The standard InChI is InChI=1S/C12H18N2O3S2/c1-2-3-8-19(15,16)14-10-6-4-5-7-11(10)17-9-12(13)18/h4-7,14H,2-3,8-9H2,1H3,(H2,13,18). The number of unbranched alkanes of at least 4 members (excludes halogenated alkanes) is 1. The van der Waals surface area contributed by atoms with Crippen molar-refractivity contribution in [3.8, 4) is 5.75 Å². The van der Waals surface area contributed by atoms with Crippen molar-refractivity contribution in [3.05, 3.63) is 24.3 Å². The maximum atomic E-state index is 11.8. The Hall–Kier alpha value is -1.34. The molecule has 0 aliphatic rings. The zero-order valence-corrected chi connectivity index (χ0v) is 12.4. The third-order valence-electron chi connectivity index (χ3n) is 2.29. The molecule has 0 amide bonds. The predicted octanol–water partition coefficient (Wildman–Crippen LogP) is 1.89. The van der Waals surface area contributed by atoms with Gasteiger partial charge in [0.2, 0.25) is 10.0 Å². The monoisotopic (exact) mass is 302 g/mol. The summed E-state index contributed by atoms with van der Waals surface area (Å²) in [7, 11) is -3.35. The van der Waals surface area contributed by atoms with Gasteiger partial charge in [-0.15, -0.1) is 0 Å². The number of ether oxygens (including phenoxy) is 1. The Balaban J connectivity index is 2.80. The van der Waals surface area contributed by atoms with E-state index in [1.54, 1.807) is 24.3 Å². The van der Waals surface area contributed by atoms with Gasteiger partial charge in [0.1, 0.15) is 17.3 Å². The van der Waals surface area contributed by atoms with Crippen LogP contribution in [0.3, 0.4) is 0 Å². The molecular formula is C12H18N2O3S2. The Morgan fingerprint density at radius 1 is 1.42 bits per heavy atom. The minimum absolute atomic E-state index is 0.0725. The van der Waals surface area contributed by atoms with Crippen LogP contribution in [-0.4, -0.2) is 25.8 Å². The summed E-state index contributed by atoms with van der Waals surface area (Å²) in [5, 5.41) is 0. The molecule has 0 atom stereocenters. The van der Waals surface area contributed by atoms with Crippen LogP contribution in [-0.2, 0) is 10.0 Å². The molecule has 1 aromatic carbocycles. The summed E-state index contributed by atoms with van der Waals surface area (Å²) < 4.78 is 31.5. The van der Waals surface area contributed by atoms with Crippen LogP contribution in [0.4, 0.5) is 5.69 Å². The van der Waals surface area contributed by atoms with E-state index < -0.39 is 10.0 Å². The van der Waals surface area contributed by atoms with Gasteiger partial charge in [-0.3, -0.25) is 4.72 Å². The van der Waals surface area contributed by atoms with Crippen LogP contribution in [0.2, 0.25) is 0 Å². The lowest BCUT2D eigenvalue weighted by Crippen LogP contribution is -2.20. The van der Waals surface area contributed by atoms with Crippen LogP contribution in [0.1, 0.15) is 19.8 Å². The quantitative estimate of drug-likeness (QED) is 0.717. The lowest BCUT2D eigenvalue weighted by atomic mass is 10.3. The van der Waals surface area contributed by atoms with Gasteiger partial charge in [0.15, 0.2) is 0 Å². The van der Waals surface area contributed by atoms with Crippen molar-refractivity contribution in [2.45, 2.75) is 19.8 Å². The van der Waals surface area contributed by atoms with Crippen LogP contribution >= 0.6 is 12.2 Å². The van der Waals surface area contributed by atoms with E-state index in [1.165, 1.54) is 0 Å². The first-order valence-electron chi connectivity index (χ1n) is 5.95. The summed E-state index contributed by atoms with van der Waals surface area (Å²) >= 11 is 4.72. The number of hydrogen-bond donors (Lipinski definition) is 2. The topological polar surface area (TPSA) is 81.4 Å². The van der Waals surface area contributed by atoms with Crippen LogP contribution in [0.25, 0.3) is 0 Å². The third kappa shape index (κ3) is 5.89. The SMILES string of the molecule is CCCCS(=O)(=O)Nc1ccccc1OCC(N)=S. The van der Waals surface area contributed by atoms with Crippen molar-refractivity contribution >= 4 is 32.9 Å². The van der Waals surface area contributed by atoms with Gasteiger partial charge >= 0.3 is 0 Å². The first-order chi connectivity index (χ1) is 8.94. The molecule has 0 saturated carbocycles. The minimum atomic E-state index is -3.35. The molecule has 7 heteroatoms. The number of nitrogens with two attached hydrogens (primary N) is 1. The van der Waals surface area contributed by atoms with Crippen LogP contribution in [0.5, 0.6) is 5.75 Å². The Morgan fingerprint density at radius 2 is 2.11 bits per heavy atom. The average Bonchev–Trinajstić information content (AvgIpc) is 2.35. The summed E-state index contributed by atoms with van der Waals surface area (Å²) in [6, 6.07) is 6.78. The fourth-order valence-electron chi connectivity index (χ4n) is 1.38. The Kier molecular flexibility index (Phi) is 6.04. The molecule has 5 nitrogen and oxygen atoms in total. The maximum Gasteiger partial charge on any atom is 0.232 e.